The summed E-state index contributed by atoms with van der Waals surface area (Å²) in [7, 11) is 0. The molecule has 0 spiro atoms. The zero-order valence-electron chi connectivity index (χ0n) is 54.9. The lowest BCUT2D eigenvalue weighted by Crippen LogP contribution is -2.30. The lowest BCUT2D eigenvalue weighted by atomic mass is 10.0. The van der Waals surface area contributed by atoms with Gasteiger partial charge in [-0.2, -0.15) is 0 Å². The third-order valence-corrected chi connectivity index (χ3v) is 15.6. The molecule has 0 aromatic rings. The van der Waals surface area contributed by atoms with Gasteiger partial charge in [0, 0.05) is 19.3 Å². The highest BCUT2D eigenvalue weighted by molar-refractivity contribution is 5.71. The van der Waals surface area contributed by atoms with E-state index in [1.165, 1.54) is 193 Å². The molecular weight excluding hydrogens is 1020 g/mol. The minimum Gasteiger partial charge on any atom is -0.462 e. The number of allylic oxidation sites excluding steroid dienone is 16. The van der Waals surface area contributed by atoms with Crippen molar-refractivity contribution < 1.29 is 28.6 Å². The van der Waals surface area contributed by atoms with Gasteiger partial charge in [-0.15, -0.1) is 0 Å². The zero-order valence-corrected chi connectivity index (χ0v) is 54.9. The predicted molar refractivity (Wildman–Crippen MR) is 362 cm³/mol. The van der Waals surface area contributed by atoms with Crippen LogP contribution in [0.5, 0.6) is 0 Å². The van der Waals surface area contributed by atoms with Crippen LogP contribution in [0.4, 0.5) is 0 Å². The molecule has 0 N–H and O–H groups in total. The molecule has 0 bridgehead atoms. The summed E-state index contributed by atoms with van der Waals surface area (Å²) in [5, 5.41) is 0. The molecule has 0 aromatic heterocycles. The lowest BCUT2D eigenvalue weighted by molar-refractivity contribution is -0.167. The van der Waals surface area contributed by atoms with Crippen molar-refractivity contribution >= 4 is 17.9 Å². The average molecular weight is 1160 g/mol. The second-order valence-electron chi connectivity index (χ2n) is 23.8. The molecule has 0 aromatic carbocycles. The third kappa shape index (κ3) is 69.0. The van der Waals surface area contributed by atoms with Gasteiger partial charge in [-0.05, 0) is 96.3 Å². The minimum absolute atomic E-state index is 0.0826. The number of ether oxygens (including phenoxy) is 3. The van der Waals surface area contributed by atoms with Gasteiger partial charge in [-0.3, -0.25) is 14.4 Å². The van der Waals surface area contributed by atoms with E-state index in [4.69, 9.17) is 14.2 Å². The first-order chi connectivity index (χ1) is 41.0. The molecule has 0 aliphatic carbocycles. The van der Waals surface area contributed by atoms with Crippen molar-refractivity contribution in [3.05, 3.63) is 97.2 Å². The van der Waals surface area contributed by atoms with Crippen molar-refractivity contribution in [3.63, 3.8) is 0 Å². The van der Waals surface area contributed by atoms with Crippen molar-refractivity contribution in [2.75, 3.05) is 13.2 Å². The van der Waals surface area contributed by atoms with Crippen LogP contribution in [0.15, 0.2) is 97.2 Å². The van der Waals surface area contributed by atoms with Gasteiger partial charge < -0.3 is 14.2 Å². The number of unbranched alkanes of at least 4 members (excludes halogenated alkanes) is 38. The molecular formula is C77H134O6. The average Bonchev–Trinajstić information content (AvgIpc) is 3.49. The standard InChI is InChI=1S/C77H134O6/c1-4-7-10-13-16-19-22-24-26-28-30-32-34-36-38-39-40-42-43-45-47-49-51-53-55-58-61-64-67-70-76(79)82-73-74(72-81-75(78)69-66-63-60-57-21-18-15-12-9-6-3)83-77(80)71-68-65-62-59-56-54-52-50-48-46-44-41-37-35-33-31-29-27-25-23-20-17-14-11-8-5-2/h7,10,12,15-16,19,24,26,30,32,36,38,40,42,45,47,74H,4-6,8-9,11,13-14,17-18,20-23,25,27-29,31,33-35,37,39,41,43-44,46,48-73H2,1-3H3/b10-7-,15-12-,19-16-,26-24-,32-30-,38-36-,42-40-,47-45-. The minimum atomic E-state index is -0.785. The van der Waals surface area contributed by atoms with Crippen LogP contribution in [0, 0.1) is 0 Å². The Balaban J connectivity index is 4.21. The fourth-order valence-electron chi connectivity index (χ4n) is 10.3. The molecule has 478 valence electrons. The molecule has 0 rings (SSSR count). The van der Waals surface area contributed by atoms with Crippen molar-refractivity contribution in [1.29, 1.82) is 0 Å². The Bertz CT molecular complexity index is 1610. The van der Waals surface area contributed by atoms with Crippen LogP contribution in [-0.2, 0) is 28.6 Å². The Hall–Kier alpha value is -3.67. The summed E-state index contributed by atoms with van der Waals surface area (Å²) < 4.78 is 16.9. The highest BCUT2D eigenvalue weighted by Gasteiger charge is 2.19. The summed E-state index contributed by atoms with van der Waals surface area (Å²) in [6.07, 6.45) is 95.9. The molecule has 0 fully saturated rings. The van der Waals surface area contributed by atoms with Gasteiger partial charge >= 0.3 is 17.9 Å². The van der Waals surface area contributed by atoms with E-state index in [0.29, 0.717) is 19.3 Å². The van der Waals surface area contributed by atoms with Crippen molar-refractivity contribution in [1.82, 2.24) is 0 Å². The zero-order chi connectivity index (χ0) is 59.9. The molecule has 0 aliphatic rings. The van der Waals surface area contributed by atoms with Gasteiger partial charge in [-0.1, -0.05) is 336 Å². The summed E-state index contributed by atoms with van der Waals surface area (Å²) in [6.45, 7) is 6.49. The highest BCUT2D eigenvalue weighted by Crippen LogP contribution is 2.18. The molecule has 0 saturated carbocycles. The molecule has 0 amide bonds. The maximum absolute atomic E-state index is 12.9. The van der Waals surface area contributed by atoms with E-state index in [1.807, 2.05) is 0 Å². The highest BCUT2D eigenvalue weighted by atomic mass is 16.6. The number of carbonyl (C=O) groups excluding carboxylic acids is 3. The largest absolute Gasteiger partial charge is 0.462 e. The predicted octanol–water partition coefficient (Wildman–Crippen LogP) is 24.8. The summed E-state index contributed by atoms with van der Waals surface area (Å²) in [5.74, 6) is -0.888. The maximum atomic E-state index is 12.9. The van der Waals surface area contributed by atoms with Crippen LogP contribution in [0.25, 0.3) is 0 Å². The molecule has 0 saturated heterocycles. The lowest BCUT2D eigenvalue weighted by Gasteiger charge is -2.18. The van der Waals surface area contributed by atoms with Gasteiger partial charge in [0.2, 0.25) is 0 Å². The van der Waals surface area contributed by atoms with E-state index in [1.54, 1.807) is 0 Å². The molecule has 1 atom stereocenters. The van der Waals surface area contributed by atoms with E-state index in [9.17, 15) is 14.4 Å². The Morgan fingerprint density at radius 2 is 0.494 bits per heavy atom. The molecule has 6 nitrogen and oxygen atoms in total. The fourth-order valence-corrected chi connectivity index (χ4v) is 10.3. The van der Waals surface area contributed by atoms with Crippen LogP contribution in [0.2, 0.25) is 0 Å². The van der Waals surface area contributed by atoms with Gasteiger partial charge in [-0.25, -0.2) is 0 Å². The Labute approximate surface area is 515 Å². The second-order valence-corrected chi connectivity index (χ2v) is 23.8. The summed E-state index contributed by atoms with van der Waals surface area (Å²) in [4.78, 5) is 38.3. The van der Waals surface area contributed by atoms with E-state index >= 15 is 0 Å². The van der Waals surface area contributed by atoms with Crippen LogP contribution >= 0.6 is 0 Å². The Morgan fingerprint density at radius 3 is 0.795 bits per heavy atom. The van der Waals surface area contributed by atoms with Crippen molar-refractivity contribution in [2.45, 2.75) is 361 Å². The normalized spacial score (nSPS) is 12.7. The number of carbonyl (C=O) groups is 3. The van der Waals surface area contributed by atoms with Crippen LogP contribution in [-0.4, -0.2) is 37.2 Å². The van der Waals surface area contributed by atoms with E-state index < -0.39 is 6.10 Å². The monoisotopic (exact) mass is 1160 g/mol. The third-order valence-electron chi connectivity index (χ3n) is 15.6. The van der Waals surface area contributed by atoms with Crippen LogP contribution in [0.1, 0.15) is 355 Å². The van der Waals surface area contributed by atoms with Crippen molar-refractivity contribution in [3.8, 4) is 0 Å². The number of rotatable bonds is 65. The SMILES string of the molecule is CC/C=C\C/C=C\C/C=C\C/C=C\C/C=C\C/C=C\C/C=C\CCCCCCCCCC(=O)OCC(COC(=O)CCCCCCC/C=C\CCC)OC(=O)CCCCCCCCCCCCCCCCCCCCCCCCCCCC. The quantitative estimate of drug-likeness (QED) is 0.0261. The first kappa shape index (κ1) is 79.3. The first-order valence-electron chi connectivity index (χ1n) is 35.7. The molecule has 0 heterocycles. The van der Waals surface area contributed by atoms with Gasteiger partial charge in [0.05, 0.1) is 0 Å². The molecule has 83 heavy (non-hydrogen) atoms. The topological polar surface area (TPSA) is 78.9 Å². The van der Waals surface area contributed by atoms with E-state index in [-0.39, 0.29) is 31.1 Å². The smallest absolute Gasteiger partial charge is 0.306 e. The summed E-state index contributed by atoms with van der Waals surface area (Å²) >= 11 is 0. The van der Waals surface area contributed by atoms with E-state index in [2.05, 4.69) is 118 Å². The number of hydrogen-bond donors (Lipinski definition) is 0. The van der Waals surface area contributed by atoms with Crippen LogP contribution in [0.3, 0.4) is 0 Å². The summed E-state index contributed by atoms with van der Waals surface area (Å²) in [5.41, 5.74) is 0. The molecule has 0 aliphatic heterocycles. The Kier molecular flexibility index (Phi) is 67.7. The van der Waals surface area contributed by atoms with Crippen molar-refractivity contribution in [2.24, 2.45) is 0 Å². The number of hydrogen-bond acceptors (Lipinski definition) is 6. The van der Waals surface area contributed by atoms with E-state index in [0.717, 1.165) is 122 Å². The molecule has 6 heteroatoms. The number of esters is 3. The van der Waals surface area contributed by atoms with Crippen LogP contribution < -0.4 is 0 Å². The maximum Gasteiger partial charge on any atom is 0.306 e. The van der Waals surface area contributed by atoms with Gasteiger partial charge in [0.25, 0.3) is 0 Å². The fraction of sp³-hybridized carbons (Fsp3) is 0.753. The Morgan fingerprint density at radius 1 is 0.253 bits per heavy atom. The molecule has 0 radical (unpaired) electrons. The van der Waals surface area contributed by atoms with Gasteiger partial charge in [0.1, 0.15) is 13.2 Å². The second kappa shape index (κ2) is 70.8. The van der Waals surface area contributed by atoms with Gasteiger partial charge in [0.15, 0.2) is 6.10 Å². The molecule has 1 unspecified atom stereocenters. The first-order valence-corrected chi connectivity index (χ1v) is 35.7. The summed E-state index contributed by atoms with van der Waals surface area (Å²) in [6, 6.07) is 0.